The van der Waals surface area contributed by atoms with Gasteiger partial charge in [0, 0.05) is 54.2 Å². The van der Waals surface area contributed by atoms with Crippen molar-refractivity contribution in [3.05, 3.63) is 287 Å². The number of aromatic nitrogens is 4. The third-order valence-corrected chi connectivity index (χ3v) is 18.0. The molecule has 460 valence electrons. The molecule has 0 fully saturated rings. The number of hydrogen-bond donors (Lipinski definition) is 0. The van der Waals surface area contributed by atoms with Gasteiger partial charge >= 0.3 is 18.5 Å². The first-order valence-corrected chi connectivity index (χ1v) is 30.3. The predicted molar refractivity (Wildman–Crippen MR) is 360 cm³/mol. The van der Waals surface area contributed by atoms with Crippen LogP contribution in [-0.4, -0.2) is 18.3 Å². The number of alkyl halides is 9. The Labute approximate surface area is 532 Å². The van der Waals surface area contributed by atoms with Crippen LogP contribution >= 0.6 is 0 Å². The normalized spacial score (nSPS) is 12.3. The number of nitriles is 1. The summed E-state index contributed by atoms with van der Waals surface area (Å²) in [6.45, 7) is 7.87. The highest BCUT2D eigenvalue weighted by Crippen LogP contribution is 2.51. The van der Waals surface area contributed by atoms with Gasteiger partial charge in [-0.15, -0.1) is 0 Å². The minimum absolute atomic E-state index is 0.0175. The molecule has 0 bridgehead atoms. The first-order chi connectivity index (χ1) is 45.2. The van der Waals surface area contributed by atoms with Gasteiger partial charge in [0.1, 0.15) is 17.2 Å². The van der Waals surface area contributed by atoms with E-state index < -0.39 is 35.2 Å². The van der Waals surface area contributed by atoms with Crippen molar-refractivity contribution in [3.63, 3.8) is 0 Å². The monoisotopic (exact) mass is 1250 g/mol. The maximum atomic E-state index is 16.0. The average molecular weight is 1250 g/mol. The lowest BCUT2D eigenvalue weighted by molar-refractivity contribution is -0.138. The van der Waals surface area contributed by atoms with Crippen molar-refractivity contribution in [2.45, 2.75) is 46.2 Å². The highest BCUT2D eigenvalue weighted by molar-refractivity contribution is 6.14. The Kier molecular flexibility index (Phi) is 13.8. The van der Waals surface area contributed by atoms with Crippen LogP contribution in [0.5, 0.6) is 0 Å². The van der Waals surface area contributed by atoms with Gasteiger partial charge in [0.15, 0.2) is 0 Å². The summed E-state index contributed by atoms with van der Waals surface area (Å²) >= 11 is 0. The lowest BCUT2D eigenvalue weighted by Gasteiger charge is -2.25. The van der Waals surface area contributed by atoms with E-state index in [4.69, 9.17) is 0 Å². The Morgan fingerprint density at radius 1 is 0.277 bits per heavy atom. The van der Waals surface area contributed by atoms with Crippen LogP contribution < -0.4 is 0 Å². The van der Waals surface area contributed by atoms with Crippen molar-refractivity contribution in [1.82, 2.24) is 18.3 Å². The van der Waals surface area contributed by atoms with Crippen LogP contribution in [0.4, 0.5) is 39.5 Å². The summed E-state index contributed by atoms with van der Waals surface area (Å²) < 4.78 is 142. The van der Waals surface area contributed by atoms with Crippen molar-refractivity contribution in [1.29, 1.82) is 5.26 Å². The second-order valence-corrected chi connectivity index (χ2v) is 23.9. The molecule has 16 aromatic rings. The molecule has 0 saturated heterocycles. The maximum absolute atomic E-state index is 16.0. The fraction of sp³-hybridized carbons (Fsp3) is 0.0875. The van der Waals surface area contributed by atoms with Crippen LogP contribution in [0.1, 0.15) is 44.5 Å². The zero-order valence-corrected chi connectivity index (χ0v) is 50.7. The lowest BCUT2D eigenvalue weighted by Crippen LogP contribution is -2.17. The highest BCUT2D eigenvalue weighted by Gasteiger charge is 2.42. The molecule has 94 heavy (non-hydrogen) atoms. The number of benzene rings is 12. The minimum atomic E-state index is -4.99. The number of halogens is 9. The molecule has 0 amide bonds. The standard InChI is InChI=1S/C40H26F6N2.C40H26F3N3/c1-23-15-18-34-29(21-23)26-10-4-7-13-32(26)47(34)36-20-17-28(25-9-3-6-12-31(25)39(41,42)43)38(37(36)40(44,45)46)48-33-14-8-5-11-27(33)30-22-24(2)16-19-35(30)48;1-24-15-18-36-30(21-24)27-10-4-7-13-34(27)45(36)38-20-17-29(26-9-3-6-12-33(26)40(41,42)43)39(32(38)23-44)46-35-14-8-5-11-28(35)31-22-25(2)16-19-37(31)46/h3-22H,1-2H3;3-22H,1-2H3. The molecule has 0 unspecified atom stereocenters. The van der Waals surface area contributed by atoms with Crippen molar-refractivity contribution < 1.29 is 39.5 Å². The second kappa shape index (κ2) is 21.9. The molecule has 4 heterocycles. The number of para-hydroxylation sites is 4. The fourth-order valence-electron chi connectivity index (χ4n) is 14.1. The van der Waals surface area contributed by atoms with Gasteiger partial charge in [-0.2, -0.15) is 44.8 Å². The minimum Gasteiger partial charge on any atom is -0.309 e. The summed E-state index contributed by atoms with van der Waals surface area (Å²) in [6, 6.07) is 72.5. The summed E-state index contributed by atoms with van der Waals surface area (Å²) in [4.78, 5) is 0. The number of aryl methyl sites for hydroxylation is 4. The van der Waals surface area contributed by atoms with E-state index in [9.17, 15) is 31.6 Å². The molecule has 16 rings (SSSR count). The largest absolute Gasteiger partial charge is 0.420 e. The van der Waals surface area contributed by atoms with E-state index in [0.29, 0.717) is 49.8 Å². The van der Waals surface area contributed by atoms with E-state index >= 15 is 13.2 Å². The molecule has 0 saturated carbocycles. The van der Waals surface area contributed by atoms with Crippen LogP contribution in [0.15, 0.2) is 243 Å². The fourth-order valence-corrected chi connectivity index (χ4v) is 14.1. The smallest absolute Gasteiger partial charge is 0.309 e. The molecule has 0 aliphatic heterocycles. The molecule has 0 atom stereocenters. The van der Waals surface area contributed by atoms with Crippen LogP contribution in [0.2, 0.25) is 0 Å². The molecule has 0 aliphatic carbocycles. The molecule has 0 spiro atoms. The molecular weight excluding hydrogens is 1200 g/mol. The molecule has 5 nitrogen and oxygen atoms in total. The summed E-state index contributed by atoms with van der Waals surface area (Å²) in [5.74, 6) is 0. The van der Waals surface area contributed by atoms with Gasteiger partial charge in [-0.3, -0.25) is 0 Å². The van der Waals surface area contributed by atoms with Crippen molar-refractivity contribution in [3.8, 4) is 51.1 Å². The van der Waals surface area contributed by atoms with Gasteiger partial charge < -0.3 is 18.3 Å². The van der Waals surface area contributed by atoms with Gasteiger partial charge in [-0.25, -0.2) is 0 Å². The average Bonchev–Trinajstić information content (AvgIpc) is 1.46. The molecule has 14 heteroatoms. The van der Waals surface area contributed by atoms with E-state index in [2.05, 4.69) is 28.8 Å². The SMILES string of the molecule is Cc1ccc2c(c1)c1ccccc1n2-c1ccc(-c2ccccc2C(F)(F)F)c(-n2c3ccccc3c3cc(C)ccc32)c1C#N.Cc1ccc2c(c1)c1ccccc1n2-c1ccc(-c2ccccc2C(F)(F)F)c(-n2c3ccccc3c3cc(C)ccc32)c1C(F)(F)F. The quantitative estimate of drug-likeness (QED) is 0.153. The number of rotatable bonds is 6. The van der Waals surface area contributed by atoms with Crippen molar-refractivity contribution in [2.24, 2.45) is 0 Å². The first kappa shape index (κ1) is 59.0. The zero-order chi connectivity index (χ0) is 65.3. The highest BCUT2D eigenvalue weighted by atomic mass is 19.4. The third-order valence-electron chi connectivity index (χ3n) is 18.0. The summed E-state index contributed by atoms with van der Waals surface area (Å²) in [6.07, 6.45) is -14.4. The Balaban J connectivity index is 0.000000155. The van der Waals surface area contributed by atoms with Crippen LogP contribution in [0, 0.1) is 39.0 Å². The second-order valence-electron chi connectivity index (χ2n) is 23.9. The first-order valence-electron chi connectivity index (χ1n) is 30.3. The molecular formula is C80H52F9N5. The van der Waals surface area contributed by atoms with Gasteiger partial charge in [-0.05, 0) is 136 Å². The van der Waals surface area contributed by atoms with E-state index in [1.165, 1.54) is 47.0 Å². The van der Waals surface area contributed by atoms with Crippen molar-refractivity contribution in [2.75, 3.05) is 0 Å². The van der Waals surface area contributed by atoms with Gasteiger partial charge in [0.05, 0.1) is 78.0 Å². The molecule has 0 aliphatic rings. The summed E-state index contributed by atoms with van der Waals surface area (Å²) in [7, 11) is 0. The van der Waals surface area contributed by atoms with Crippen molar-refractivity contribution >= 4 is 87.2 Å². The topological polar surface area (TPSA) is 43.5 Å². The zero-order valence-electron chi connectivity index (χ0n) is 50.7. The Morgan fingerprint density at radius 3 is 0.947 bits per heavy atom. The predicted octanol–water partition coefficient (Wildman–Crippen LogP) is 23.3. The molecule has 12 aromatic carbocycles. The molecule has 0 N–H and O–H groups in total. The van der Waals surface area contributed by atoms with Gasteiger partial charge in [0.25, 0.3) is 0 Å². The van der Waals surface area contributed by atoms with Crippen LogP contribution in [0.25, 0.3) is 132 Å². The van der Waals surface area contributed by atoms with E-state index in [1.54, 1.807) is 71.3 Å². The van der Waals surface area contributed by atoms with E-state index in [1.807, 2.05) is 135 Å². The Bertz CT molecular complexity index is 5840. The Hall–Kier alpha value is -11.3. The van der Waals surface area contributed by atoms with Crippen LogP contribution in [0.3, 0.4) is 0 Å². The van der Waals surface area contributed by atoms with E-state index in [-0.39, 0.29) is 33.6 Å². The number of fused-ring (bicyclic) bond motifs is 12. The number of nitrogens with zero attached hydrogens (tertiary/aromatic N) is 5. The van der Waals surface area contributed by atoms with Crippen LogP contribution in [-0.2, 0) is 18.5 Å². The van der Waals surface area contributed by atoms with Gasteiger partial charge in [0.2, 0.25) is 0 Å². The molecule has 4 aromatic heterocycles. The summed E-state index contributed by atoms with van der Waals surface area (Å²) in [5.41, 5.74) is 7.21. The number of hydrogen-bond acceptors (Lipinski definition) is 1. The lowest BCUT2D eigenvalue weighted by atomic mass is 9.93. The van der Waals surface area contributed by atoms with E-state index in [0.717, 1.165) is 88.8 Å². The summed E-state index contributed by atoms with van der Waals surface area (Å²) in [5, 5.41) is 18.0. The van der Waals surface area contributed by atoms with Gasteiger partial charge in [-0.1, -0.05) is 168 Å². The molecule has 0 radical (unpaired) electrons. The third kappa shape index (κ3) is 9.47. The Morgan fingerprint density at radius 2 is 0.574 bits per heavy atom. The maximum Gasteiger partial charge on any atom is 0.420 e.